The molecule has 0 amide bonds. The first-order chi connectivity index (χ1) is 13.3. The molecule has 158 valence electrons. The summed E-state index contributed by atoms with van der Waals surface area (Å²) in [6.45, 7) is 1.77. The van der Waals surface area contributed by atoms with Gasteiger partial charge in [0.1, 0.15) is 23.1 Å². The maximum absolute atomic E-state index is 12.9. The number of alkyl halides is 3. The average molecular weight is 448 g/mol. The van der Waals surface area contributed by atoms with E-state index in [0.29, 0.717) is 39.4 Å². The SMILES string of the molecule is CCS(=O)c1cc(OCSC)cnc1-c1nc2cc(C(F)(F)F)ncc2n1C.O. The Morgan fingerprint density at radius 1 is 1.24 bits per heavy atom. The minimum absolute atomic E-state index is 0. The van der Waals surface area contributed by atoms with Crippen LogP contribution in [0.2, 0.25) is 0 Å². The molecule has 3 aromatic heterocycles. The van der Waals surface area contributed by atoms with E-state index in [-0.39, 0.29) is 11.0 Å². The summed E-state index contributed by atoms with van der Waals surface area (Å²) in [4.78, 5) is 12.6. The van der Waals surface area contributed by atoms with Gasteiger partial charge in [0.2, 0.25) is 0 Å². The van der Waals surface area contributed by atoms with Gasteiger partial charge in [-0.2, -0.15) is 13.2 Å². The van der Waals surface area contributed by atoms with Crippen LogP contribution in [0.4, 0.5) is 13.2 Å². The molecule has 0 spiro atoms. The first-order valence-corrected chi connectivity index (χ1v) is 10.9. The lowest BCUT2D eigenvalue weighted by Gasteiger charge is -2.10. The van der Waals surface area contributed by atoms with Crippen molar-refractivity contribution in [3.63, 3.8) is 0 Å². The minimum atomic E-state index is -4.56. The molecule has 0 bridgehead atoms. The molecule has 12 heteroatoms. The highest BCUT2D eigenvalue weighted by Gasteiger charge is 2.33. The van der Waals surface area contributed by atoms with Gasteiger partial charge in [-0.15, -0.1) is 11.8 Å². The number of aromatic nitrogens is 4. The molecule has 29 heavy (non-hydrogen) atoms. The predicted octanol–water partition coefficient (Wildman–Crippen LogP) is 3.05. The number of pyridine rings is 2. The zero-order valence-electron chi connectivity index (χ0n) is 15.8. The second-order valence-electron chi connectivity index (χ2n) is 5.75. The van der Waals surface area contributed by atoms with Crippen molar-refractivity contribution in [3.8, 4) is 17.3 Å². The third kappa shape index (κ3) is 4.70. The standard InChI is InChI=1S/C17H17F3N4O2S2.H2O/c1-4-28(25)13-5-10(26-9-27-3)7-22-15(13)16-23-11-6-14(17(18,19)20)21-8-12(11)24(16)2;/h5-8H,4,9H2,1-3H3;1H2. The fraction of sp³-hybridized carbons (Fsp3) is 0.353. The highest BCUT2D eigenvalue weighted by molar-refractivity contribution is 7.98. The maximum Gasteiger partial charge on any atom is 0.433 e. The second kappa shape index (κ2) is 9.09. The molecule has 7 nitrogen and oxygen atoms in total. The number of nitrogens with zero attached hydrogens (tertiary/aromatic N) is 4. The largest absolute Gasteiger partial charge is 0.481 e. The van der Waals surface area contributed by atoms with Gasteiger partial charge >= 0.3 is 6.18 Å². The topological polar surface area (TPSA) is 101 Å². The third-order valence-electron chi connectivity index (χ3n) is 3.95. The molecule has 0 aromatic carbocycles. The molecule has 0 fully saturated rings. The van der Waals surface area contributed by atoms with E-state index in [1.54, 1.807) is 24.6 Å². The van der Waals surface area contributed by atoms with E-state index in [0.717, 1.165) is 12.3 Å². The maximum atomic E-state index is 12.9. The third-order valence-corrected chi connectivity index (χ3v) is 5.63. The summed E-state index contributed by atoms with van der Waals surface area (Å²) >= 11 is 1.48. The van der Waals surface area contributed by atoms with Crippen molar-refractivity contribution in [2.45, 2.75) is 18.0 Å². The Morgan fingerprint density at radius 3 is 2.59 bits per heavy atom. The van der Waals surface area contributed by atoms with Crippen molar-refractivity contribution in [1.29, 1.82) is 0 Å². The van der Waals surface area contributed by atoms with Crippen molar-refractivity contribution in [1.82, 2.24) is 19.5 Å². The van der Waals surface area contributed by atoms with Gasteiger partial charge in [-0.25, -0.2) is 15.0 Å². The molecular weight excluding hydrogens is 429 g/mol. The fourth-order valence-electron chi connectivity index (χ4n) is 2.59. The molecule has 3 rings (SSSR count). The zero-order chi connectivity index (χ0) is 20.5. The Labute approximate surface area is 171 Å². The Bertz CT molecular complexity index is 1040. The lowest BCUT2D eigenvalue weighted by Crippen LogP contribution is -2.07. The van der Waals surface area contributed by atoms with Crippen LogP contribution < -0.4 is 4.74 Å². The van der Waals surface area contributed by atoms with Crippen LogP contribution in [0, 0.1) is 0 Å². The Kier molecular flexibility index (Phi) is 7.25. The van der Waals surface area contributed by atoms with Crippen LogP contribution in [-0.4, -0.2) is 47.2 Å². The number of ether oxygens (including phenoxy) is 1. The van der Waals surface area contributed by atoms with Crippen molar-refractivity contribution >= 4 is 33.6 Å². The summed E-state index contributed by atoms with van der Waals surface area (Å²) < 4.78 is 58.5. The van der Waals surface area contributed by atoms with Crippen LogP contribution in [0.1, 0.15) is 12.6 Å². The highest BCUT2D eigenvalue weighted by Crippen LogP contribution is 2.32. The molecule has 0 aliphatic heterocycles. The van der Waals surface area contributed by atoms with Gasteiger partial charge in [0, 0.05) is 18.9 Å². The predicted molar refractivity (Wildman–Crippen MR) is 106 cm³/mol. The molecule has 0 aliphatic rings. The average Bonchev–Trinajstić information content (AvgIpc) is 3.00. The van der Waals surface area contributed by atoms with E-state index in [1.165, 1.54) is 18.0 Å². The summed E-state index contributed by atoms with van der Waals surface area (Å²) in [7, 11) is 0.286. The monoisotopic (exact) mass is 448 g/mol. The number of aryl methyl sites for hydroxylation is 1. The smallest absolute Gasteiger partial charge is 0.433 e. The Hall–Kier alpha value is -2.18. The first-order valence-electron chi connectivity index (χ1n) is 8.16. The van der Waals surface area contributed by atoms with Gasteiger partial charge in [0.25, 0.3) is 0 Å². The summed E-state index contributed by atoms with van der Waals surface area (Å²) in [6.07, 6.45) is -0.0629. The van der Waals surface area contributed by atoms with Gasteiger partial charge < -0.3 is 14.8 Å². The van der Waals surface area contributed by atoms with E-state index in [9.17, 15) is 17.4 Å². The van der Waals surface area contributed by atoms with Crippen molar-refractivity contribution < 1.29 is 27.6 Å². The van der Waals surface area contributed by atoms with E-state index >= 15 is 0 Å². The van der Waals surface area contributed by atoms with Gasteiger partial charge in [-0.3, -0.25) is 4.21 Å². The van der Waals surface area contributed by atoms with Crippen LogP contribution in [0.3, 0.4) is 0 Å². The molecule has 1 unspecified atom stereocenters. The molecule has 3 heterocycles. The summed E-state index contributed by atoms with van der Waals surface area (Å²) in [5.41, 5.74) is -0.127. The van der Waals surface area contributed by atoms with Crippen LogP contribution in [0.25, 0.3) is 22.6 Å². The molecule has 0 saturated carbocycles. The fourth-order valence-corrected chi connectivity index (χ4v) is 3.76. The summed E-state index contributed by atoms with van der Waals surface area (Å²) in [5, 5.41) is 0. The van der Waals surface area contributed by atoms with Crippen molar-refractivity contribution in [2.75, 3.05) is 17.9 Å². The van der Waals surface area contributed by atoms with Crippen LogP contribution in [0.15, 0.2) is 29.4 Å². The van der Waals surface area contributed by atoms with E-state index in [2.05, 4.69) is 15.0 Å². The normalized spacial score (nSPS) is 12.6. The zero-order valence-corrected chi connectivity index (χ0v) is 17.4. The number of fused-ring (bicyclic) bond motifs is 1. The number of halogens is 3. The van der Waals surface area contributed by atoms with Crippen LogP contribution in [-0.2, 0) is 24.0 Å². The summed E-state index contributed by atoms with van der Waals surface area (Å²) in [5.74, 6) is 1.54. The number of thioether (sulfide) groups is 1. The lowest BCUT2D eigenvalue weighted by atomic mass is 10.3. The molecule has 0 aliphatic carbocycles. The minimum Gasteiger partial charge on any atom is -0.481 e. The molecule has 1 atom stereocenters. The van der Waals surface area contributed by atoms with Crippen LogP contribution in [0.5, 0.6) is 5.75 Å². The number of hydrogen-bond acceptors (Lipinski definition) is 6. The molecule has 2 N–H and O–H groups in total. The number of rotatable bonds is 6. The second-order valence-corrected chi connectivity index (χ2v) is 8.27. The Balaban J connectivity index is 0.00000300. The molecular formula is C17H19F3N4O3S2. The lowest BCUT2D eigenvalue weighted by molar-refractivity contribution is -0.141. The van der Waals surface area contributed by atoms with E-state index in [4.69, 9.17) is 4.74 Å². The van der Waals surface area contributed by atoms with E-state index < -0.39 is 22.7 Å². The van der Waals surface area contributed by atoms with Gasteiger partial charge in [-0.05, 0) is 12.3 Å². The first kappa shape index (κ1) is 23.1. The number of hydrogen-bond donors (Lipinski definition) is 0. The van der Waals surface area contributed by atoms with E-state index in [1.807, 2.05) is 6.26 Å². The summed E-state index contributed by atoms with van der Waals surface area (Å²) in [6, 6.07) is 2.53. The highest BCUT2D eigenvalue weighted by atomic mass is 32.2. The Morgan fingerprint density at radius 2 is 1.97 bits per heavy atom. The number of imidazole rings is 1. The van der Waals surface area contributed by atoms with Crippen molar-refractivity contribution in [3.05, 3.63) is 30.2 Å². The van der Waals surface area contributed by atoms with Crippen LogP contribution >= 0.6 is 11.8 Å². The molecule has 0 saturated heterocycles. The van der Waals surface area contributed by atoms with Gasteiger partial charge in [0.15, 0.2) is 5.82 Å². The molecule has 3 aromatic rings. The van der Waals surface area contributed by atoms with Crippen molar-refractivity contribution in [2.24, 2.45) is 7.05 Å². The van der Waals surface area contributed by atoms with Gasteiger partial charge in [0.05, 0.1) is 39.1 Å². The quantitative estimate of drug-likeness (QED) is 0.537. The van der Waals surface area contributed by atoms with Gasteiger partial charge in [-0.1, -0.05) is 6.92 Å². The molecule has 0 radical (unpaired) electrons.